The van der Waals surface area contributed by atoms with Crippen LogP contribution in [-0.2, 0) is 13.0 Å². The Balaban J connectivity index is 1.74. The zero-order valence-electron chi connectivity index (χ0n) is 10.8. The Labute approximate surface area is 109 Å². The zero-order chi connectivity index (χ0) is 12.4. The third kappa shape index (κ3) is 2.44. The number of aliphatic hydroxyl groups excluding tert-OH is 1. The molecule has 0 amide bonds. The number of rotatable bonds is 1. The second-order valence-electron chi connectivity index (χ2n) is 5.45. The SMILES string of the molecule is OC1CCNCCC1N1CCc2ccccc2C1. The van der Waals surface area contributed by atoms with Gasteiger partial charge in [0.15, 0.2) is 0 Å². The van der Waals surface area contributed by atoms with Gasteiger partial charge in [0, 0.05) is 19.1 Å². The molecule has 1 fully saturated rings. The molecule has 0 aliphatic carbocycles. The molecule has 0 aromatic heterocycles. The Kier molecular flexibility index (Phi) is 3.64. The molecule has 0 spiro atoms. The van der Waals surface area contributed by atoms with Crippen molar-refractivity contribution in [2.24, 2.45) is 0 Å². The van der Waals surface area contributed by atoms with E-state index in [1.165, 1.54) is 11.1 Å². The Bertz CT molecular complexity index is 407. The molecule has 98 valence electrons. The van der Waals surface area contributed by atoms with E-state index in [4.69, 9.17) is 0 Å². The van der Waals surface area contributed by atoms with Crippen molar-refractivity contribution in [1.82, 2.24) is 10.2 Å². The molecule has 2 atom stereocenters. The van der Waals surface area contributed by atoms with Crippen LogP contribution in [0.5, 0.6) is 0 Å². The van der Waals surface area contributed by atoms with Crippen LogP contribution in [0.2, 0.25) is 0 Å². The fourth-order valence-corrected chi connectivity index (χ4v) is 3.24. The molecule has 0 saturated carbocycles. The van der Waals surface area contributed by atoms with E-state index in [0.29, 0.717) is 6.04 Å². The molecule has 3 nitrogen and oxygen atoms in total. The van der Waals surface area contributed by atoms with Crippen LogP contribution in [0.1, 0.15) is 24.0 Å². The highest BCUT2D eigenvalue weighted by molar-refractivity contribution is 5.29. The fourth-order valence-electron chi connectivity index (χ4n) is 3.24. The second kappa shape index (κ2) is 5.39. The van der Waals surface area contributed by atoms with Gasteiger partial charge in [-0.3, -0.25) is 4.90 Å². The summed E-state index contributed by atoms with van der Waals surface area (Å²) < 4.78 is 0. The molecule has 0 radical (unpaired) electrons. The maximum Gasteiger partial charge on any atom is 0.0708 e. The maximum absolute atomic E-state index is 10.3. The predicted molar refractivity (Wildman–Crippen MR) is 72.5 cm³/mol. The van der Waals surface area contributed by atoms with E-state index in [-0.39, 0.29) is 6.10 Å². The average Bonchev–Trinajstić information content (AvgIpc) is 2.63. The van der Waals surface area contributed by atoms with Crippen molar-refractivity contribution >= 4 is 0 Å². The predicted octanol–water partition coefficient (Wildman–Crippen LogP) is 1.16. The van der Waals surface area contributed by atoms with Gasteiger partial charge in [0.1, 0.15) is 0 Å². The number of nitrogens with zero attached hydrogens (tertiary/aromatic N) is 1. The molecule has 18 heavy (non-hydrogen) atoms. The van der Waals surface area contributed by atoms with E-state index in [1.54, 1.807) is 0 Å². The van der Waals surface area contributed by atoms with Crippen LogP contribution in [0.25, 0.3) is 0 Å². The van der Waals surface area contributed by atoms with E-state index in [9.17, 15) is 5.11 Å². The van der Waals surface area contributed by atoms with E-state index in [1.807, 2.05) is 0 Å². The summed E-state index contributed by atoms with van der Waals surface area (Å²) in [5.74, 6) is 0. The lowest BCUT2D eigenvalue weighted by atomic mass is 9.96. The fraction of sp³-hybridized carbons (Fsp3) is 0.600. The van der Waals surface area contributed by atoms with Gasteiger partial charge in [-0.05, 0) is 43.5 Å². The lowest BCUT2D eigenvalue weighted by molar-refractivity contribution is 0.0394. The highest BCUT2D eigenvalue weighted by Gasteiger charge is 2.29. The van der Waals surface area contributed by atoms with Crippen molar-refractivity contribution in [1.29, 1.82) is 0 Å². The lowest BCUT2D eigenvalue weighted by Crippen LogP contribution is -2.46. The molecule has 3 heteroatoms. The first-order valence-electron chi connectivity index (χ1n) is 7.04. The number of hydrogen-bond acceptors (Lipinski definition) is 3. The molecule has 2 N–H and O–H groups in total. The summed E-state index contributed by atoms with van der Waals surface area (Å²) in [5.41, 5.74) is 2.92. The van der Waals surface area contributed by atoms with Crippen molar-refractivity contribution in [2.45, 2.75) is 38.0 Å². The van der Waals surface area contributed by atoms with Crippen LogP contribution >= 0.6 is 0 Å². The molecule has 2 aliphatic heterocycles. The summed E-state index contributed by atoms with van der Waals surface area (Å²) >= 11 is 0. The quantitative estimate of drug-likeness (QED) is 0.780. The van der Waals surface area contributed by atoms with Gasteiger partial charge in [0.05, 0.1) is 6.10 Å². The van der Waals surface area contributed by atoms with Gasteiger partial charge >= 0.3 is 0 Å². The summed E-state index contributed by atoms with van der Waals surface area (Å²) in [7, 11) is 0. The normalized spacial score (nSPS) is 29.6. The second-order valence-corrected chi connectivity index (χ2v) is 5.45. The summed E-state index contributed by atoms with van der Waals surface area (Å²) in [5, 5.41) is 13.6. The molecule has 3 rings (SSSR count). The highest BCUT2D eigenvalue weighted by Crippen LogP contribution is 2.24. The molecule has 2 heterocycles. The van der Waals surface area contributed by atoms with Crippen LogP contribution < -0.4 is 5.32 Å². The molecular weight excluding hydrogens is 224 g/mol. The van der Waals surface area contributed by atoms with Gasteiger partial charge in [0.2, 0.25) is 0 Å². The van der Waals surface area contributed by atoms with Crippen molar-refractivity contribution in [3.63, 3.8) is 0 Å². The minimum Gasteiger partial charge on any atom is -0.391 e. The van der Waals surface area contributed by atoms with Crippen molar-refractivity contribution < 1.29 is 5.11 Å². The highest BCUT2D eigenvalue weighted by atomic mass is 16.3. The van der Waals surface area contributed by atoms with Gasteiger partial charge < -0.3 is 10.4 Å². The summed E-state index contributed by atoms with van der Waals surface area (Å²) in [6.45, 7) is 4.05. The number of aliphatic hydroxyl groups is 1. The van der Waals surface area contributed by atoms with Crippen molar-refractivity contribution in [3.8, 4) is 0 Å². The Morgan fingerprint density at radius 3 is 2.78 bits per heavy atom. The first kappa shape index (κ1) is 12.2. The summed E-state index contributed by atoms with van der Waals surface area (Å²) in [6.07, 6.45) is 2.88. The Hall–Kier alpha value is -0.900. The first-order chi connectivity index (χ1) is 8.84. The van der Waals surface area contributed by atoms with Gasteiger partial charge in [-0.15, -0.1) is 0 Å². The lowest BCUT2D eigenvalue weighted by Gasteiger charge is -2.37. The van der Waals surface area contributed by atoms with E-state index < -0.39 is 0 Å². The maximum atomic E-state index is 10.3. The molecule has 2 aliphatic rings. The number of nitrogens with one attached hydrogen (secondary N) is 1. The van der Waals surface area contributed by atoms with Crippen molar-refractivity contribution in [3.05, 3.63) is 35.4 Å². The van der Waals surface area contributed by atoms with Crippen LogP contribution in [0, 0.1) is 0 Å². The standard InChI is InChI=1S/C15H22N2O/c18-15-6-9-16-8-5-14(15)17-10-7-12-3-1-2-4-13(12)11-17/h1-4,14-16,18H,5-11H2. The summed E-state index contributed by atoms with van der Waals surface area (Å²) in [4.78, 5) is 2.47. The van der Waals surface area contributed by atoms with Gasteiger partial charge in [-0.1, -0.05) is 24.3 Å². The van der Waals surface area contributed by atoms with Crippen LogP contribution in [0.3, 0.4) is 0 Å². The number of benzene rings is 1. The number of hydrogen-bond donors (Lipinski definition) is 2. The minimum absolute atomic E-state index is 0.176. The van der Waals surface area contributed by atoms with E-state index in [2.05, 4.69) is 34.5 Å². The molecular formula is C15H22N2O. The third-order valence-corrected chi connectivity index (χ3v) is 4.31. The average molecular weight is 246 g/mol. The molecule has 1 aromatic rings. The van der Waals surface area contributed by atoms with Gasteiger partial charge in [0.25, 0.3) is 0 Å². The monoisotopic (exact) mass is 246 g/mol. The van der Waals surface area contributed by atoms with Crippen molar-refractivity contribution in [2.75, 3.05) is 19.6 Å². The summed E-state index contributed by atoms with van der Waals surface area (Å²) in [6, 6.07) is 9.03. The van der Waals surface area contributed by atoms with Crippen LogP contribution in [0.4, 0.5) is 0 Å². The molecule has 0 bridgehead atoms. The largest absolute Gasteiger partial charge is 0.391 e. The Morgan fingerprint density at radius 2 is 1.89 bits per heavy atom. The van der Waals surface area contributed by atoms with Crippen LogP contribution in [-0.4, -0.2) is 41.8 Å². The number of fused-ring (bicyclic) bond motifs is 1. The topological polar surface area (TPSA) is 35.5 Å². The van der Waals surface area contributed by atoms with Crippen LogP contribution in [0.15, 0.2) is 24.3 Å². The van der Waals surface area contributed by atoms with E-state index >= 15 is 0 Å². The Morgan fingerprint density at radius 1 is 1.11 bits per heavy atom. The molecule has 2 unspecified atom stereocenters. The van der Waals surface area contributed by atoms with E-state index in [0.717, 1.165) is 45.4 Å². The first-order valence-corrected chi connectivity index (χ1v) is 7.04. The zero-order valence-corrected chi connectivity index (χ0v) is 10.8. The van der Waals surface area contributed by atoms with Gasteiger partial charge in [-0.25, -0.2) is 0 Å². The van der Waals surface area contributed by atoms with Gasteiger partial charge in [-0.2, -0.15) is 0 Å². The minimum atomic E-state index is -0.176. The third-order valence-electron chi connectivity index (χ3n) is 4.31. The molecule has 1 aromatic carbocycles. The molecule has 1 saturated heterocycles. The smallest absolute Gasteiger partial charge is 0.0708 e.